The largest absolute Gasteiger partial charge is 0.493 e. The van der Waals surface area contributed by atoms with Crippen LogP contribution in [0, 0.1) is 6.92 Å². The summed E-state index contributed by atoms with van der Waals surface area (Å²) in [7, 11) is 2.35. The van der Waals surface area contributed by atoms with E-state index in [4.69, 9.17) is 18.9 Å². The van der Waals surface area contributed by atoms with Gasteiger partial charge in [-0.05, 0) is 67.7 Å². The Kier molecular flexibility index (Phi) is 6.32. The van der Waals surface area contributed by atoms with Crippen LogP contribution in [0.2, 0.25) is 0 Å². The Morgan fingerprint density at radius 1 is 0.973 bits per heavy atom. The fourth-order valence-corrected chi connectivity index (χ4v) is 7.68. The number of fused-ring (bicyclic) bond motifs is 1. The van der Waals surface area contributed by atoms with Crippen molar-refractivity contribution < 1.29 is 32.2 Å². The van der Waals surface area contributed by atoms with Gasteiger partial charge in [-0.2, -0.15) is 4.31 Å². The average molecular weight is 526 g/mol. The molecule has 0 radical (unpaired) electrons. The van der Waals surface area contributed by atoms with E-state index in [-0.39, 0.29) is 23.0 Å². The second kappa shape index (κ2) is 9.22. The summed E-state index contributed by atoms with van der Waals surface area (Å²) in [5.74, 6) is 1.44. The maximum atomic E-state index is 13.9. The molecule has 1 heterocycles. The number of hydrogen-bond donors (Lipinski definition) is 0. The molecule has 8 nitrogen and oxygen atoms in total. The van der Waals surface area contributed by atoms with E-state index in [1.807, 2.05) is 19.1 Å². The van der Waals surface area contributed by atoms with Gasteiger partial charge in [0.1, 0.15) is 0 Å². The third kappa shape index (κ3) is 3.75. The van der Waals surface area contributed by atoms with Crippen molar-refractivity contribution in [2.45, 2.75) is 42.5 Å². The number of carbonyl (C=O) groups excluding carboxylic acids is 1. The Morgan fingerprint density at radius 2 is 1.68 bits per heavy atom. The van der Waals surface area contributed by atoms with Crippen LogP contribution in [0.3, 0.4) is 0 Å². The first kappa shape index (κ1) is 25.4. The van der Waals surface area contributed by atoms with Crippen molar-refractivity contribution >= 4 is 15.8 Å². The van der Waals surface area contributed by atoms with Gasteiger partial charge in [-0.3, -0.25) is 4.79 Å². The first-order valence-electron chi connectivity index (χ1n) is 12.2. The molecule has 0 N–H and O–H groups in total. The fraction of sp³-hybridized carbons (Fsp3) is 0.393. The summed E-state index contributed by atoms with van der Waals surface area (Å²) < 4.78 is 52.0. The highest BCUT2D eigenvalue weighted by atomic mass is 32.2. The SMILES string of the molecule is COC1=C[C@@]23CCN(S(=O)(=O)c4ccc(C)cc4)[C@@H](CCc4cc(OC)c(OC)c(OC)c42)C3=CC1=O. The summed E-state index contributed by atoms with van der Waals surface area (Å²) >= 11 is 0. The second-order valence-electron chi connectivity index (χ2n) is 9.56. The molecule has 2 aromatic carbocycles. The topological polar surface area (TPSA) is 91.4 Å². The summed E-state index contributed by atoms with van der Waals surface area (Å²) in [6.07, 6.45) is 4.85. The summed E-state index contributed by atoms with van der Waals surface area (Å²) in [4.78, 5) is 13.3. The lowest BCUT2D eigenvalue weighted by atomic mass is 9.64. The van der Waals surface area contributed by atoms with Crippen LogP contribution in [-0.4, -0.2) is 59.5 Å². The molecule has 2 bridgehead atoms. The van der Waals surface area contributed by atoms with Crippen molar-refractivity contribution in [3.8, 4) is 17.2 Å². The van der Waals surface area contributed by atoms with Gasteiger partial charge >= 0.3 is 0 Å². The zero-order valence-corrected chi connectivity index (χ0v) is 22.5. The molecule has 1 saturated heterocycles. The molecule has 3 aliphatic rings. The zero-order valence-electron chi connectivity index (χ0n) is 21.7. The number of ketones is 1. The Morgan fingerprint density at radius 3 is 2.30 bits per heavy atom. The number of methoxy groups -OCH3 is 4. The predicted molar refractivity (Wildman–Crippen MR) is 138 cm³/mol. The molecule has 0 unspecified atom stereocenters. The Hall–Kier alpha value is -3.30. The van der Waals surface area contributed by atoms with Crippen molar-refractivity contribution in [1.82, 2.24) is 4.31 Å². The van der Waals surface area contributed by atoms with E-state index in [0.717, 1.165) is 22.3 Å². The number of benzene rings is 2. The molecule has 2 aliphatic carbocycles. The van der Waals surface area contributed by atoms with Crippen LogP contribution < -0.4 is 14.2 Å². The predicted octanol–water partition coefficient (Wildman–Crippen LogP) is 3.71. The van der Waals surface area contributed by atoms with Crippen LogP contribution in [0.15, 0.2) is 58.7 Å². The Balaban J connectivity index is 1.75. The van der Waals surface area contributed by atoms with Gasteiger partial charge in [0.15, 0.2) is 17.3 Å². The van der Waals surface area contributed by atoms with E-state index in [0.29, 0.717) is 36.5 Å². The number of allylic oxidation sites excluding steroid dienone is 2. The molecule has 5 rings (SSSR count). The fourth-order valence-electron chi connectivity index (χ4n) is 6.05. The minimum absolute atomic E-state index is 0.224. The molecule has 196 valence electrons. The second-order valence-corrected chi connectivity index (χ2v) is 11.5. The van der Waals surface area contributed by atoms with Crippen molar-refractivity contribution in [2.24, 2.45) is 0 Å². The van der Waals surface area contributed by atoms with Gasteiger partial charge in [0.25, 0.3) is 0 Å². The average Bonchev–Trinajstić information content (AvgIpc) is 2.97. The van der Waals surface area contributed by atoms with E-state index in [1.165, 1.54) is 7.11 Å². The van der Waals surface area contributed by atoms with E-state index in [9.17, 15) is 13.2 Å². The number of nitrogens with zero attached hydrogens (tertiary/aromatic N) is 1. The molecule has 0 saturated carbocycles. The highest BCUT2D eigenvalue weighted by molar-refractivity contribution is 7.89. The number of hydrogen-bond acceptors (Lipinski definition) is 7. The lowest BCUT2D eigenvalue weighted by Crippen LogP contribution is -2.53. The maximum Gasteiger partial charge on any atom is 0.243 e. The third-order valence-corrected chi connectivity index (χ3v) is 9.67. The van der Waals surface area contributed by atoms with Gasteiger partial charge in [-0.15, -0.1) is 0 Å². The molecular formula is C28H31NO7S. The highest BCUT2D eigenvalue weighted by Gasteiger charge is 2.54. The first-order chi connectivity index (χ1) is 17.7. The van der Waals surface area contributed by atoms with Crippen LogP contribution in [0.4, 0.5) is 0 Å². The lowest BCUT2D eigenvalue weighted by molar-refractivity contribution is -0.114. The molecule has 0 aromatic heterocycles. The van der Waals surface area contributed by atoms with Crippen molar-refractivity contribution in [3.63, 3.8) is 0 Å². The molecule has 2 atom stereocenters. The van der Waals surface area contributed by atoms with Crippen molar-refractivity contribution in [1.29, 1.82) is 0 Å². The summed E-state index contributed by atoms with van der Waals surface area (Å²) in [6, 6.07) is 8.28. The van der Waals surface area contributed by atoms with E-state index in [2.05, 4.69) is 0 Å². The van der Waals surface area contributed by atoms with Crippen molar-refractivity contribution in [2.75, 3.05) is 35.0 Å². The third-order valence-electron chi connectivity index (χ3n) is 7.75. The maximum absolute atomic E-state index is 13.9. The number of carbonyl (C=O) groups is 1. The monoisotopic (exact) mass is 525 g/mol. The number of sulfonamides is 1. The lowest BCUT2D eigenvalue weighted by Gasteiger charge is -2.47. The smallest absolute Gasteiger partial charge is 0.243 e. The number of piperidine rings is 1. The standard InChI is InChI=1S/C28H31NO7S/c1-17-6-9-19(10-7-17)37(31,32)29-13-12-28-16-24(34-3)22(30)15-20(28)21(29)11-8-18-14-23(33-2)26(35-4)27(36-5)25(18)28/h6-7,9-10,14-16,21H,8,11-13H2,1-5H3/t21-,28+/m0/s1. The molecule has 0 spiro atoms. The minimum Gasteiger partial charge on any atom is -0.493 e. The molecule has 0 amide bonds. The quantitative estimate of drug-likeness (QED) is 0.568. The first-order valence-corrected chi connectivity index (χ1v) is 13.6. The van der Waals surface area contributed by atoms with Crippen LogP contribution >= 0.6 is 0 Å². The van der Waals surface area contributed by atoms with Crippen LogP contribution in [-0.2, 0) is 31.4 Å². The normalized spacial score (nSPS) is 23.2. The van der Waals surface area contributed by atoms with E-state index in [1.54, 1.807) is 56.0 Å². The highest BCUT2D eigenvalue weighted by Crippen LogP contribution is 2.57. The molecule has 37 heavy (non-hydrogen) atoms. The molecule has 1 aliphatic heterocycles. The summed E-state index contributed by atoms with van der Waals surface area (Å²) in [5.41, 5.74) is 2.72. The van der Waals surface area contributed by atoms with E-state index >= 15 is 0 Å². The van der Waals surface area contributed by atoms with Crippen molar-refractivity contribution in [3.05, 3.63) is 70.5 Å². The summed E-state index contributed by atoms with van der Waals surface area (Å²) in [5, 5.41) is 0. The Bertz CT molecular complexity index is 1430. The van der Waals surface area contributed by atoms with Gasteiger partial charge in [-0.1, -0.05) is 17.7 Å². The Labute approximate surface area is 217 Å². The number of aryl methyl sites for hydroxylation is 2. The van der Waals surface area contributed by atoms with Gasteiger partial charge in [0.05, 0.1) is 33.3 Å². The van der Waals surface area contributed by atoms with E-state index < -0.39 is 21.5 Å². The van der Waals surface area contributed by atoms with Gasteiger partial charge in [-0.25, -0.2) is 8.42 Å². The van der Waals surface area contributed by atoms with Crippen LogP contribution in [0.1, 0.15) is 29.5 Å². The van der Waals surface area contributed by atoms with Crippen LogP contribution in [0.25, 0.3) is 0 Å². The number of ether oxygens (including phenoxy) is 4. The zero-order chi connectivity index (χ0) is 26.5. The van der Waals surface area contributed by atoms with Gasteiger partial charge in [0, 0.05) is 23.6 Å². The number of rotatable bonds is 6. The van der Waals surface area contributed by atoms with Gasteiger partial charge < -0.3 is 18.9 Å². The molecule has 9 heteroatoms. The molecule has 2 aromatic rings. The molecule has 1 fully saturated rings. The van der Waals surface area contributed by atoms with Crippen LogP contribution in [0.5, 0.6) is 17.2 Å². The minimum atomic E-state index is -3.82. The molecular weight excluding hydrogens is 494 g/mol. The van der Waals surface area contributed by atoms with Gasteiger partial charge in [0.2, 0.25) is 21.6 Å². The summed E-state index contributed by atoms with van der Waals surface area (Å²) in [6.45, 7) is 2.18.